The third-order valence-corrected chi connectivity index (χ3v) is 4.37. The van der Waals surface area contributed by atoms with E-state index in [2.05, 4.69) is 26.2 Å². The van der Waals surface area contributed by atoms with Crippen LogP contribution in [0.15, 0.2) is 19.6 Å². The molecule has 2 rings (SSSR count). The lowest BCUT2D eigenvalue weighted by Gasteiger charge is -2.19. The van der Waals surface area contributed by atoms with Gasteiger partial charge in [-0.2, -0.15) is 0 Å². The van der Waals surface area contributed by atoms with Crippen molar-refractivity contribution < 1.29 is 23.7 Å². The molecule has 0 aromatic carbocycles. The number of halogens is 1. The molecule has 144 valence electrons. The second kappa shape index (κ2) is 7.52. The average molecular weight is 429 g/mol. The second-order valence-electron chi connectivity index (χ2n) is 8.16. The van der Waals surface area contributed by atoms with Gasteiger partial charge in [0.1, 0.15) is 5.60 Å². The van der Waals surface area contributed by atoms with Crippen molar-refractivity contribution in [3.05, 3.63) is 33.4 Å². The number of carbonyl (C=O) groups excluding carboxylic acids is 1. The van der Waals surface area contributed by atoms with Gasteiger partial charge in [0.25, 0.3) is 0 Å². The van der Waals surface area contributed by atoms with Gasteiger partial charge in [-0.25, -0.2) is 0 Å². The first kappa shape index (κ1) is 20.6. The van der Waals surface area contributed by atoms with Crippen molar-refractivity contribution in [2.24, 2.45) is 0 Å². The Bertz CT molecular complexity index is 767. The number of ether oxygens (including phenoxy) is 1. The van der Waals surface area contributed by atoms with Crippen molar-refractivity contribution in [2.45, 2.75) is 71.5 Å². The standard InChI is InChI=1S/C18H25BrN2O5/c1-17(2,3)12-9-11(25-21-12)15(23)16-14(19)10(20-26-16)7-8-13(22)24-18(4,5)6/h9,15,23H,7-8H2,1-6H3. The van der Waals surface area contributed by atoms with Crippen molar-refractivity contribution in [1.82, 2.24) is 10.3 Å². The number of carbonyl (C=O) groups is 1. The smallest absolute Gasteiger partial charge is 0.306 e. The molecule has 2 heterocycles. The molecule has 0 aliphatic heterocycles. The first-order chi connectivity index (χ1) is 11.9. The van der Waals surface area contributed by atoms with Crippen molar-refractivity contribution in [3.8, 4) is 0 Å². The van der Waals surface area contributed by atoms with Gasteiger partial charge in [-0.15, -0.1) is 0 Å². The van der Waals surface area contributed by atoms with Crippen LogP contribution < -0.4 is 0 Å². The summed E-state index contributed by atoms with van der Waals surface area (Å²) in [6.45, 7) is 11.4. The van der Waals surface area contributed by atoms with E-state index in [-0.39, 0.29) is 29.3 Å². The largest absolute Gasteiger partial charge is 0.460 e. The molecule has 0 amide bonds. The number of nitrogens with zero attached hydrogens (tertiary/aromatic N) is 2. The summed E-state index contributed by atoms with van der Waals surface area (Å²) in [4.78, 5) is 11.8. The molecule has 0 spiro atoms. The fourth-order valence-electron chi connectivity index (χ4n) is 2.17. The SMILES string of the molecule is CC(C)(C)OC(=O)CCc1noc(C(O)c2cc(C(C)(C)C)no2)c1Br. The van der Waals surface area contributed by atoms with Crippen LogP contribution in [0.3, 0.4) is 0 Å². The Labute approximate surface area is 161 Å². The van der Waals surface area contributed by atoms with E-state index in [9.17, 15) is 9.90 Å². The number of hydrogen-bond acceptors (Lipinski definition) is 7. The number of hydrogen-bond donors (Lipinski definition) is 1. The first-order valence-corrected chi connectivity index (χ1v) is 9.18. The number of aliphatic hydroxyl groups is 1. The molecule has 2 aromatic rings. The van der Waals surface area contributed by atoms with Crippen LogP contribution in [0.2, 0.25) is 0 Å². The van der Waals surface area contributed by atoms with E-state index in [1.54, 1.807) is 6.07 Å². The van der Waals surface area contributed by atoms with E-state index in [1.165, 1.54) is 0 Å². The summed E-state index contributed by atoms with van der Waals surface area (Å²) in [5.41, 5.74) is 0.530. The van der Waals surface area contributed by atoms with Gasteiger partial charge in [-0.1, -0.05) is 31.1 Å². The van der Waals surface area contributed by atoms with Gasteiger partial charge >= 0.3 is 5.97 Å². The zero-order chi connectivity index (χ0) is 19.7. The minimum Gasteiger partial charge on any atom is -0.460 e. The fourth-order valence-corrected chi connectivity index (χ4v) is 2.73. The van der Waals surface area contributed by atoms with Crippen LogP contribution in [0.4, 0.5) is 0 Å². The zero-order valence-corrected chi connectivity index (χ0v) is 17.5. The van der Waals surface area contributed by atoms with Crippen LogP contribution in [0, 0.1) is 0 Å². The number of rotatable bonds is 5. The van der Waals surface area contributed by atoms with Gasteiger partial charge in [0.2, 0.25) is 0 Å². The molecule has 0 saturated carbocycles. The van der Waals surface area contributed by atoms with Crippen LogP contribution in [-0.4, -0.2) is 27.0 Å². The van der Waals surface area contributed by atoms with Crippen LogP contribution >= 0.6 is 15.9 Å². The molecule has 7 nitrogen and oxygen atoms in total. The minimum absolute atomic E-state index is 0.161. The monoisotopic (exact) mass is 428 g/mol. The number of aryl methyl sites for hydroxylation is 1. The maximum absolute atomic E-state index is 11.8. The molecule has 1 N–H and O–H groups in total. The summed E-state index contributed by atoms with van der Waals surface area (Å²) < 4.78 is 16.3. The number of esters is 1. The predicted molar refractivity (Wildman–Crippen MR) is 97.6 cm³/mol. The number of aliphatic hydroxyl groups excluding tert-OH is 1. The molecule has 0 aliphatic rings. The van der Waals surface area contributed by atoms with E-state index < -0.39 is 11.7 Å². The molecule has 1 unspecified atom stereocenters. The Morgan fingerprint density at radius 1 is 1.23 bits per heavy atom. The quantitative estimate of drug-likeness (QED) is 0.715. The van der Waals surface area contributed by atoms with Gasteiger partial charge in [0.05, 0.1) is 22.3 Å². The van der Waals surface area contributed by atoms with E-state index in [0.29, 0.717) is 16.6 Å². The number of aromatic nitrogens is 2. The highest BCUT2D eigenvalue weighted by atomic mass is 79.9. The summed E-state index contributed by atoms with van der Waals surface area (Å²) in [5, 5.41) is 18.4. The predicted octanol–water partition coefficient (Wildman–Crippen LogP) is 4.08. The highest BCUT2D eigenvalue weighted by Crippen LogP contribution is 2.33. The van der Waals surface area contributed by atoms with Gasteiger partial charge in [-0.05, 0) is 36.7 Å². The Kier molecular flexibility index (Phi) is 5.97. The molecule has 26 heavy (non-hydrogen) atoms. The van der Waals surface area contributed by atoms with Gasteiger partial charge in [0.15, 0.2) is 17.6 Å². The third kappa shape index (κ3) is 5.17. The minimum atomic E-state index is -1.14. The molecule has 0 aliphatic carbocycles. The Morgan fingerprint density at radius 3 is 2.42 bits per heavy atom. The van der Waals surface area contributed by atoms with E-state index in [4.69, 9.17) is 13.8 Å². The summed E-state index contributed by atoms with van der Waals surface area (Å²) in [7, 11) is 0. The van der Waals surface area contributed by atoms with Crippen molar-refractivity contribution in [3.63, 3.8) is 0 Å². The fraction of sp³-hybridized carbons (Fsp3) is 0.611. The van der Waals surface area contributed by atoms with Crippen molar-refractivity contribution in [2.75, 3.05) is 0 Å². The molecule has 1 atom stereocenters. The van der Waals surface area contributed by atoms with E-state index in [1.807, 2.05) is 41.5 Å². The lowest BCUT2D eigenvalue weighted by atomic mass is 9.92. The van der Waals surface area contributed by atoms with Crippen LogP contribution in [0.25, 0.3) is 0 Å². The summed E-state index contributed by atoms with van der Waals surface area (Å²) in [5.74, 6) is 0.158. The lowest BCUT2D eigenvalue weighted by molar-refractivity contribution is -0.154. The molecule has 8 heteroatoms. The van der Waals surface area contributed by atoms with Crippen LogP contribution in [0.5, 0.6) is 0 Å². The Morgan fingerprint density at radius 2 is 1.88 bits per heavy atom. The Hall–Kier alpha value is -1.67. The molecular formula is C18H25BrN2O5. The molecular weight excluding hydrogens is 404 g/mol. The van der Waals surface area contributed by atoms with Gasteiger partial charge in [-0.3, -0.25) is 4.79 Å². The van der Waals surface area contributed by atoms with E-state index >= 15 is 0 Å². The molecule has 0 bridgehead atoms. The Balaban J connectivity index is 2.08. The lowest BCUT2D eigenvalue weighted by Crippen LogP contribution is -2.24. The van der Waals surface area contributed by atoms with Crippen LogP contribution in [-0.2, 0) is 21.4 Å². The highest BCUT2D eigenvalue weighted by molar-refractivity contribution is 9.10. The first-order valence-electron chi connectivity index (χ1n) is 8.39. The maximum Gasteiger partial charge on any atom is 0.306 e. The van der Waals surface area contributed by atoms with Crippen LogP contribution in [0.1, 0.15) is 77.0 Å². The van der Waals surface area contributed by atoms with Gasteiger partial charge in [0, 0.05) is 17.9 Å². The molecule has 0 fully saturated rings. The summed E-state index contributed by atoms with van der Waals surface area (Å²) >= 11 is 3.38. The molecule has 0 radical (unpaired) electrons. The van der Waals surface area contributed by atoms with Gasteiger partial charge < -0.3 is 18.9 Å². The average Bonchev–Trinajstić information content (AvgIpc) is 3.09. The normalized spacial score (nSPS) is 13.7. The van der Waals surface area contributed by atoms with Crippen molar-refractivity contribution in [1.29, 1.82) is 0 Å². The molecule has 2 aromatic heterocycles. The summed E-state index contributed by atoms with van der Waals surface area (Å²) in [6.07, 6.45) is -0.653. The third-order valence-electron chi connectivity index (χ3n) is 3.52. The summed E-state index contributed by atoms with van der Waals surface area (Å²) in [6, 6.07) is 1.69. The highest BCUT2D eigenvalue weighted by Gasteiger charge is 2.28. The molecule has 0 saturated heterocycles. The second-order valence-corrected chi connectivity index (χ2v) is 8.95. The van der Waals surface area contributed by atoms with E-state index in [0.717, 1.165) is 5.69 Å². The topological polar surface area (TPSA) is 98.6 Å². The van der Waals surface area contributed by atoms with Crippen molar-refractivity contribution >= 4 is 21.9 Å². The maximum atomic E-state index is 11.8. The zero-order valence-electron chi connectivity index (χ0n) is 15.9.